The van der Waals surface area contributed by atoms with Crippen molar-refractivity contribution in [1.29, 1.82) is 0 Å². The number of nitrogens with zero attached hydrogens (tertiary/aromatic N) is 2. The van der Waals surface area contributed by atoms with Crippen LogP contribution in [0.3, 0.4) is 0 Å². The Labute approximate surface area is 257 Å². The van der Waals surface area contributed by atoms with Crippen LogP contribution in [-0.4, -0.2) is 15.1 Å². The normalized spacial score (nSPS) is 14.8. The van der Waals surface area contributed by atoms with Gasteiger partial charge >= 0.3 is 0 Å². The molecule has 0 N–H and O–H groups in total. The van der Waals surface area contributed by atoms with Crippen LogP contribution in [0.5, 0.6) is 0 Å². The van der Waals surface area contributed by atoms with E-state index in [0.717, 1.165) is 0 Å². The maximum absolute atomic E-state index is 2.45. The topological polar surface area (TPSA) is 7.94 Å². The smallest absolute Gasteiger partial charge is 0.114 e. The van der Waals surface area contributed by atoms with E-state index < -0.39 is 0 Å². The Hall–Kier alpha value is -5.47. The fourth-order valence-corrected chi connectivity index (χ4v) is 7.49. The van der Waals surface area contributed by atoms with E-state index in [-0.39, 0.29) is 5.41 Å². The second-order valence-electron chi connectivity index (χ2n) is 12.4. The van der Waals surface area contributed by atoms with Gasteiger partial charge in [-0.1, -0.05) is 128 Å². The third-order valence-electron chi connectivity index (χ3n) is 9.62. The number of fused-ring (bicyclic) bond motifs is 7. The highest BCUT2D eigenvalue weighted by Crippen LogP contribution is 2.53. The van der Waals surface area contributed by atoms with Crippen LogP contribution in [0.4, 0.5) is 0 Å². The predicted octanol–water partition coefficient (Wildman–Crippen LogP) is 10.1. The second kappa shape index (κ2) is 9.26. The molecule has 9 rings (SSSR count). The summed E-state index contributed by atoms with van der Waals surface area (Å²) in [6.45, 7) is 4.72. The monoisotopic (exact) mass is 563 g/mol. The molecule has 0 spiro atoms. The van der Waals surface area contributed by atoms with Crippen molar-refractivity contribution in [2.75, 3.05) is 0 Å². The summed E-state index contributed by atoms with van der Waals surface area (Å²) >= 11 is 0. The largest absolute Gasteiger partial charge is 0.250 e. The molecule has 0 amide bonds. The number of hydrogen-bond donors (Lipinski definition) is 0. The van der Waals surface area contributed by atoms with Crippen LogP contribution < -0.4 is 0 Å². The van der Waals surface area contributed by atoms with E-state index in [9.17, 15) is 0 Å². The molecule has 2 heteroatoms. The van der Waals surface area contributed by atoms with Crippen molar-refractivity contribution in [3.63, 3.8) is 0 Å². The Bertz CT molecular complexity index is 2330. The van der Waals surface area contributed by atoms with E-state index in [2.05, 4.69) is 175 Å². The lowest BCUT2D eigenvalue weighted by atomic mass is 9.82. The lowest BCUT2D eigenvalue weighted by molar-refractivity contribution is -0.495. The minimum absolute atomic E-state index is 0.0512. The first kappa shape index (κ1) is 25.1. The zero-order chi connectivity index (χ0) is 29.4. The Morgan fingerprint density at radius 3 is 2.00 bits per heavy atom. The summed E-state index contributed by atoms with van der Waals surface area (Å²) in [7, 11) is 0. The van der Waals surface area contributed by atoms with Gasteiger partial charge in [0.05, 0.1) is 6.08 Å². The minimum atomic E-state index is -0.0512. The summed E-state index contributed by atoms with van der Waals surface area (Å²) in [5.74, 6) is 0. The van der Waals surface area contributed by atoms with E-state index in [0.29, 0.717) is 0 Å². The standard InChI is InChI=1S/C42H31N2/c1-42(2)34-22-11-9-20-32(34)40-35(42)24-25-37-41(40)33-21-10-12-23-36(33)43(37)44-38(29-16-7-4-8-17-29)27-39(44)31-19-13-18-30(26-31)28-14-5-3-6-15-28/h3-27H,1-2H3/q+1. The number of allylic oxidation sites excluding steroid dienone is 1. The first-order valence-corrected chi connectivity index (χ1v) is 15.4. The van der Waals surface area contributed by atoms with Gasteiger partial charge in [-0.25, -0.2) is 0 Å². The van der Waals surface area contributed by atoms with Gasteiger partial charge in [0, 0.05) is 27.3 Å². The average Bonchev–Trinajstić information content (AvgIpc) is 3.50. The molecule has 1 aliphatic carbocycles. The Morgan fingerprint density at radius 1 is 0.523 bits per heavy atom. The van der Waals surface area contributed by atoms with Crippen LogP contribution in [0.15, 0.2) is 152 Å². The number of hydrogen-bond acceptors (Lipinski definition) is 0. The summed E-state index contributed by atoms with van der Waals surface area (Å²) in [6.07, 6.45) is 2.34. The lowest BCUT2D eigenvalue weighted by Gasteiger charge is -2.21. The Balaban J connectivity index is 1.35. The highest BCUT2D eigenvalue weighted by Gasteiger charge is 2.40. The van der Waals surface area contributed by atoms with Crippen LogP contribution in [0.2, 0.25) is 0 Å². The summed E-state index contributed by atoms with van der Waals surface area (Å²) < 4.78 is 4.88. The SMILES string of the molecule is CC1(C)c2ccccc2-c2c1ccc1c2c2ccccc2n1[N+]1=C(c2cccc(-c3ccccc3)c2)C=C1c1ccccc1. The van der Waals surface area contributed by atoms with Gasteiger partial charge in [0.25, 0.3) is 11.4 Å². The molecule has 0 unspecified atom stereocenters. The zero-order valence-electron chi connectivity index (χ0n) is 24.8. The van der Waals surface area contributed by atoms with E-state index in [4.69, 9.17) is 0 Å². The minimum Gasteiger partial charge on any atom is -0.114 e. The Kier molecular flexibility index (Phi) is 5.28. The van der Waals surface area contributed by atoms with Crippen molar-refractivity contribution >= 4 is 33.2 Å². The van der Waals surface area contributed by atoms with Gasteiger partial charge in [0.15, 0.2) is 0 Å². The van der Waals surface area contributed by atoms with Gasteiger partial charge in [-0.2, -0.15) is 0 Å². The van der Waals surface area contributed by atoms with Crippen LogP contribution >= 0.6 is 0 Å². The van der Waals surface area contributed by atoms with Gasteiger partial charge in [-0.3, -0.25) is 0 Å². The molecular formula is C42H31N2+. The fraction of sp³-hybridized carbons (Fsp3) is 0.0714. The first-order chi connectivity index (χ1) is 21.6. The van der Waals surface area contributed by atoms with E-state index in [1.165, 1.54) is 77.7 Å². The predicted molar refractivity (Wildman–Crippen MR) is 183 cm³/mol. The number of aromatic nitrogens is 1. The molecule has 0 radical (unpaired) electrons. The van der Waals surface area contributed by atoms with Crippen molar-refractivity contribution in [2.24, 2.45) is 0 Å². The van der Waals surface area contributed by atoms with Gasteiger partial charge in [0.1, 0.15) is 11.0 Å². The van der Waals surface area contributed by atoms with Gasteiger partial charge in [-0.05, 0) is 69.8 Å². The second-order valence-corrected chi connectivity index (χ2v) is 12.4. The van der Waals surface area contributed by atoms with Crippen molar-refractivity contribution in [3.8, 4) is 22.3 Å². The van der Waals surface area contributed by atoms with Crippen molar-refractivity contribution in [1.82, 2.24) is 4.68 Å². The summed E-state index contributed by atoms with van der Waals surface area (Å²) in [5, 5.41) is 2.61. The van der Waals surface area contributed by atoms with Crippen LogP contribution in [0.1, 0.15) is 36.1 Å². The van der Waals surface area contributed by atoms with Crippen LogP contribution in [0, 0.1) is 0 Å². The fourth-order valence-electron chi connectivity index (χ4n) is 7.49. The molecule has 1 aliphatic heterocycles. The van der Waals surface area contributed by atoms with Crippen LogP contribution in [0.25, 0.3) is 49.8 Å². The molecule has 0 atom stereocenters. The number of para-hydroxylation sites is 1. The molecular weight excluding hydrogens is 532 g/mol. The van der Waals surface area contributed by atoms with Crippen molar-refractivity contribution in [2.45, 2.75) is 19.3 Å². The molecule has 44 heavy (non-hydrogen) atoms. The quantitative estimate of drug-likeness (QED) is 0.188. The molecule has 1 aromatic heterocycles. The zero-order valence-corrected chi connectivity index (χ0v) is 24.8. The van der Waals surface area contributed by atoms with Gasteiger partial charge < -0.3 is 0 Å². The van der Waals surface area contributed by atoms with Gasteiger partial charge in [0.2, 0.25) is 0 Å². The summed E-state index contributed by atoms with van der Waals surface area (Å²) in [4.78, 5) is 0. The van der Waals surface area contributed by atoms with Crippen molar-refractivity contribution in [3.05, 3.63) is 174 Å². The molecule has 6 aromatic carbocycles. The molecule has 2 aliphatic rings. The van der Waals surface area contributed by atoms with E-state index in [1.807, 2.05) is 0 Å². The maximum Gasteiger partial charge on any atom is 0.250 e. The Morgan fingerprint density at radius 2 is 1.18 bits per heavy atom. The summed E-state index contributed by atoms with van der Waals surface area (Å²) in [5.41, 5.74) is 15.1. The first-order valence-electron chi connectivity index (χ1n) is 15.4. The molecule has 2 heterocycles. The highest BCUT2D eigenvalue weighted by molar-refractivity contribution is 6.18. The maximum atomic E-state index is 2.45. The van der Waals surface area contributed by atoms with E-state index >= 15 is 0 Å². The lowest BCUT2D eigenvalue weighted by Crippen LogP contribution is -2.32. The van der Waals surface area contributed by atoms with Crippen molar-refractivity contribution < 1.29 is 4.68 Å². The molecule has 7 aromatic rings. The average molecular weight is 564 g/mol. The summed E-state index contributed by atoms with van der Waals surface area (Å²) in [6, 6.07) is 52.9. The van der Waals surface area contributed by atoms with E-state index in [1.54, 1.807) is 0 Å². The van der Waals surface area contributed by atoms with Gasteiger partial charge in [-0.15, -0.1) is 4.68 Å². The molecule has 0 fully saturated rings. The number of rotatable bonds is 4. The number of benzene rings is 6. The third kappa shape index (κ3) is 3.46. The van der Waals surface area contributed by atoms with Crippen LogP contribution in [-0.2, 0) is 5.41 Å². The molecule has 208 valence electrons. The molecule has 2 nitrogen and oxygen atoms in total. The molecule has 0 saturated heterocycles. The highest BCUT2D eigenvalue weighted by atomic mass is 15.5. The molecule has 0 saturated carbocycles. The third-order valence-corrected chi connectivity index (χ3v) is 9.62. The molecule has 0 bridgehead atoms.